The third-order valence-corrected chi connectivity index (χ3v) is 4.08. The maximum atomic E-state index is 12.6. The van der Waals surface area contributed by atoms with E-state index in [1.54, 1.807) is 36.4 Å². The van der Waals surface area contributed by atoms with Crippen LogP contribution < -0.4 is 10.1 Å². The number of hydrogen-bond acceptors (Lipinski definition) is 3. The smallest absolute Gasteiger partial charge is 0.228 e. The minimum Gasteiger partial charge on any atom is -0.491 e. The molecule has 0 atom stereocenters. The second-order valence-electron chi connectivity index (χ2n) is 6.81. The molecule has 3 aromatic carbocycles. The fourth-order valence-electron chi connectivity index (χ4n) is 2.89. The largest absolute Gasteiger partial charge is 0.491 e. The Balaban J connectivity index is 1.67. The van der Waals surface area contributed by atoms with Gasteiger partial charge in [0.1, 0.15) is 5.75 Å². The van der Waals surface area contributed by atoms with Gasteiger partial charge in [0.15, 0.2) is 5.78 Å². The van der Waals surface area contributed by atoms with Crippen molar-refractivity contribution in [3.05, 3.63) is 95.6 Å². The fraction of sp³-hybridized carbons (Fsp3) is 0.167. The highest BCUT2D eigenvalue weighted by Crippen LogP contribution is 2.18. The van der Waals surface area contributed by atoms with E-state index in [9.17, 15) is 9.59 Å². The lowest BCUT2D eigenvalue weighted by molar-refractivity contribution is -0.115. The molecule has 0 bridgehead atoms. The van der Waals surface area contributed by atoms with E-state index in [0.29, 0.717) is 16.8 Å². The first-order valence-corrected chi connectivity index (χ1v) is 9.26. The molecule has 0 aliphatic heterocycles. The Labute approximate surface area is 165 Å². The maximum absolute atomic E-state index is 12.6. The zero-order valence-corrected chi connectivity index (χ0v) is 16.0. The van der Waals surface area contributed by atoms with Crippen LogP contribution in [0.1, 0.15) is 35.3 Å². The Morgan fingerprint density at radius 1 is 0.857 bits per heavy atom. The number of benzene rings is 3. The first-order chi connectivity index (χ1) is 13.5. The molecule has 28 heavy (non-hydrogen) atoms. The number of ether oxygens (including phenoxy) is 1. The van der Waals surface area contributed by atoms with E-state index in [1.165, 1.54) is 0 Å². The highest BCUT2D eigenvalue weighted by Gasteiger charge is 2.11. The molecule has 142 valence electrons. The number of anilines is 1. The van der Waals surface area contributed by atoms with E-state index in [-0.39, 0.29) is 24.2 Å². The number of nitrogens with one attached hydrogen (secondary N) is 1. The molecule has 0 aliphatic rings. The topological polar surface area (TPSA) is 55.4 Å². The number of carbonyl (C=O) groups excluding carboxylic acids is 2. The summed E-state index contributed by atoms with van der Waals surface area (Å²) >= 11 is 0. The number of carbonyl (C=O) groups is 2. The Morgan fingerprint density at radius 2 is 1.57 bits per heavy atom. The summed E-state index contributed by atoms with van der Waals surface area (Å²) in [5.41, 5.74) is 2.62. The van der Waals surface area contributed by atoms with E-state index in [0.717, 1.165) is 11.3 Å². The third kappa shape index (κ3) is 5.30. The monoisotopic (exact) mass is 373 g/mol. The van der Waals surface area contributed by atoms with Gasteiger partial charge >= 0.3 is 0 Å². The summed E-state index contributed by atoms with van der Waals surface area (Å²) in [6.07, 6.45) is 0.306. The van der Waals surface area contributed by atoms with E-state index in [2.05, 4.69) is 5.32 Å². The molecular weight excluding hydrogens is 350 g/mol. The van der Waals surface area contributed by atoms with Crippen LogP contribution in [0, 0.1) is 0 Å². The second kappa shape index (κ2) is 9.00. The van der Waals surface area contributed by atoms with Crippen molar-refractivity contribution < 1.29 is 14.3 Å². The van der Waals surface area contributed by atoms with Crippen LogP contribution in [0.15, 0.2) is 78.9 Å². The molecule has 1 amide bonds. The van der Waals surface area contributed by atoms with Crippen molar-refractivity contribution in [2.45, 2.75) is 26.4 Å². The van der Waals surface area contributed by atoms with Gasteiger partial charge in [-0.2, -0.15) is 0 Å². The predicted octanol–water partition coefficient (Wildman–Crippen LogP) is 4.89. The summed E-state index contributed by atoms with van der Waals surface area (Å²) in [5.74, 6) is 0.525. The van der Waals surface area contributed by atoms with Crippen LogP contribution in [0.25, 0.3) is 0 Å². The van der Waals surface area contributed by atoms with Gasteiger partial charge in [0, 0.05) is 16.8 Å². The Hall–Kier alpha value is -3.40. The summed E-state index contributed by atoms with van der Waals surface area (Å²) in [5, 5.41) is 2.87. The molecule has 0 radical (unpaired) electrons. The molecule has 0 spiro atoms. The van der Waals surface area contributed by atoms with Crippen molar-refractivity contribution in [1.82, 2.24) is 0 Å². The number of hydrogen-bond donors (Lipinski definition) is 1. The van der Waals surface area contributed by atoms with Crippen molar-refractivity contribution in [1.29, 1.82) is 0 Å². The zero-order valence-electron chi connectivity index (χ0n) is 16.0. The first-order valence-electron chi connectivity index (χ1n) is 9.26. The van der Waals surface area contributed by atoms with Crippen LogP contribution in [0.5, 0.6) is 5.75 Å². The number of amides is 1. The summed E-state index contributed by atoms with van der Waals surface area (Å²) in [6, 6.07) is 23.6. The molecule has 4 heteroatoms. The quantitative estimate of drug-likeness (QED) is 0.600. The lowest BCUT2D eigenvalue weighted by Gasteiger charge is -2.11. The van der Waals surface area contributed by atoms with Gasteiger partial charge in [0.25, 0.3) is 0 Å². The molecule has 0 saturated heterocycles. The van der Waals surface area contributed by atoms with Crippen LogP contribution in [0.2, 0.25) is 0 Å². The standard InChI is InChI=1S/C24H23NO3/c1-17(2)28-22-13-6-8-18(14-22)15-23(26)25-21-12-7-11-20(16-21)24(27)19-9-4-3-5-10-19/h3-14,16-17H,15H2,1-2H3,(H,25,26). The molecule has 0 aliphatic carbocycles. The lowest BCUT2D eigenvalue weighted by Crippen LogP contribution is -2.15. The third-order valence-electron chi connectivity index (χ3n) is 4.08. The maximum Gasteiger partial charge on any atom is 0.228 e. The molecule has 0 aromatic heterocycles. The first kappa shape index (κ1) is 19.4. The van der Waals surface area contributed by atoms with Crippen molar-refractivity contribution >= 4 is 17.4 Å². The summed E-state index contributed by atoms with van der Waals surface area (Å²) < 4.78 is 5.67. The van der Waals surface area contributed by atoms with E-state index >= 15 is 0 Å². The Kier molecular flexibility index (Phi) is 6.22. The summed E-state index contributed by atoms with van der Waals surface area (Å²) in [4.78, 5) is 25.0. The number of rotatable bonds is 7. The van der Waals surface area contributed by atoms with Gasteiger partial charge in [-0.05, 0) is 43.7 Å². The zero-order chi connectivity index (χ0) is 19.9. The summed E-state index contributed by atoms with van der Waals surface area (Å²) in [6.45, 7) is 3.92. The van der Waals surface area contributed by atoms with Crippen LogP contribution in [-0.4, -0.2) is 17.8 Å². The van der Waals surface area contributed by atoms with Crippen molar-refractivity contribution in [2.75, 3.05) is 5.32 Å². The van der Waals surface area contributed by atoms with Gasteiger partial charge in [-0.15, -0.1) is 0 Å². The predicted molar refractivity (Wildman–Crippen MR) is 111 cm³/mol. The van der Waals surface area contributed by atoms with Gasteiger partial charge in [-0.3, -0.25) is 9.59 Å². The molecule has 3 aromatic rings. The Bertz CT molecular complexity index is 964. The van der Waals surface area contributed by atoms with Gasteiger partial charge in [-0.1, -0.05) is 54.6 Å². The summed E-state index contributed by atoms with van der Waals surface area (Å²) in [7, 11) is 0. The molecule has 0 fully saturated rings. The minimum absolute atomic E-state index is 0.0739. The van der Waals surface area contributed by atoms with Gasteiger partial charge in [-0.25, -0.2) is 0 Å². The molecular formula is C24H23NO3. The number of ketones is 1. The molecule has 1 N–H and O–H groups in total. The van der Waals surface area contributed by atoms with Crippen molar-refractivity contribution in [3.63, 3.8) is 0 Å². The average molecular weight is 373 g/mol. The fourth-order valence-corrected chi connectivity index (χ4v) is 2.89. The van der Waals surface area contributed by atoms with E-state index in [4.69, 9.17) is 4.74 Å². The highest BCUT2D eigenvalue weighted by molar-refractivity contribution is 6.09. The Morgan fingerprint density at radius 3 is 2.32 bits per heavy atom. The van der Waals surface area contributed by atoms with Crippen LogP contribution >= 0.6 is 0 Å². The van der Waals surface area contributed by atoms with Gasteiger partial charge in [0.2, 0.25) is 5.91 Å². The van der Waals surface area contributed by atoms with Crippen LogP contribution in [0.3, 0.4) is 0 Å². The normalized spacial score (nSPS) is 10.5. The molecule has 0 saturated carbocycles. The van der Waals surface area contributed by atoms with Crippen molar-refractivity contribution in [2.24, 2.45) is 0 Å². The van der Waals surface area contributed by atoms with E-state index in [1.807, 2.05) is 56.3 Å². The van der Waals surface area contributed by atoms with Crippen LogP contribution in [-0.2, 0) is 11.2 Å². The van der Waals surface area contributed by atoms with Crippen LogP contribution in [0.4, 0.5) is 5.69 Å². The molecule has 3 rings (SSSR count). The van der Waals surface area contributed by atoms with Crippen molar-refractivity contribution in [3.8, 4) is 5.75 Å². The second-order valence-corrected chi connectivity index (χ2v) is 6.81. The molecule has 4 nitrogen and oxygen atoms in total. The highest BCUT2D eigenvalue weighted by atomic mass is 16.5. The SMILES string of the molecule is CC(C)Oc1cccc(CC(=O)Nc2cccc(C(=O)c3ccccc3)c2)c1. The van der Waals surface area contributed by atoms with Gasteiger partial charge in [0.05, 0.1) is 12.5 Å². The van der Waals surface area contributed by atoms with E-state index < -0.39 is 0 Å². The average Bonchev–Trinajstić information content (AvgIpc) is 2.68. The molecule has 0 unspecified atom stereocenters. The van der Waals surface area contributed by atoms with Gasteiger partial charge < -0.3 is 10.1 Å². The lowest BCUT2D eigenvalue weighted by atomic mass is 10.0. The minimum atomic E-state index is -0.147. The molecule has 0 heterocycles.